The predicted molar refractivity (Wildman–Crippen MR) is 50.8 cm³/mol. The van der Waals surface area contributed by atoms with E-state index >= 15 is 0 Å². The van der Waals surface area contributed by atoms with E-state index in [4.69, 9.17) is 0 Å². The topological polar surface area (TPSA) is 29.1 Å². The van der Waals surface area contributed by atoms with Crippen molar-refractivity contribution in [2.24, 2.45) is 0 Å². The van der Waals surface area contributed by atoms with Crippen LogP contribution in [0.15, 0.2) is 17.0 Å². The number of carbonyl (C=O) groups is 1. The summed E-state index contributed by atoms with van der Waals surface area (Å²) in [5, 5.41) is 2.79. The highest BCUT2D eigenvalue weighted by atomic mass is 32.1. The van der Waals surface area contributed by atoms with Gasteiger partial charge in [0.2, 0.25) is 5.91 Å². The number of carbonyl (C=O) groups excluding carboxylic acids is 1. The molecule has 1 aliphatic heterocycles. The van der Waals surface area contributed by atoms with Gasteiger partial charge in [0, 0.05) is 10.6 Å². The molecule has 0 fully saturated rings. The van der Waals surface area contributed by atoms with E-state index in [9.17, 15) is 4.79 Å². The largest absolute Gasteiger partial charge is 0.326 e. The van der Waals surface area contributed by atoms with Crippen molar-refractivity contribution >= 4 is 24.2 Å². The second kappa shape index (κ2) is 2.52. The van der Waals surface area contributed by atoms with Gasteiger partial charge in [0.1, 0.15) is 0 Å². The number of hydrogen-bond acceptors (Lipinski definition) is 2. The average molecular weight is 179 g/mol. The van der Waals surface area contributed by atoms with Crippen LogP contribution < -0.4 is 5.32 Å². The van der Waals surface area contributed by atoms with E-state index in [1.54, 1.807) is 0 Å². The third kappa shape index (κ3) is 1.01. The van der Waals surface area contributed by atoms with Crippen LogP contribution in [0.1, 0.15) is 11.1 Å². The van der Waals surface area contributed by atoms with Crippen LogP contribution in [0.5, 0.6) is 0 Å². The van der Waals surface area contributed by atoms with Crippen molar-refractivity contribution < 1.29 is 4.79 Å². The molecule has 1 aliphatic rings. The molecule has 1 N–H and O–H groups in total. The fourth-order valence-electron chi connectivity index (χ4n) is 1.44. The molecule has 0 saturated heterocycles. The van der Waals surface area contributed by atoms with Gasteiger partial charge in [-0.1, -0.05) is 0 Å². The van der Waals surface area contributed by atoms with Crippen LogP contribution in [0.4, 0.5) is 5.69 Å². The summed E-state index contributed by atoms with van der Waals surface area (Å²) >= 11 is 4.29. The molecule has 3 heteroatoms. The lowest BCUT2D eigenvalue weighted by Crippen LogP contribution is -2.03. The summed E-state index contributed by atoms with van der Waals surface area (Å²) in [4.78, 5) is 12.0. The third-order valence-electron chi connectivity index (χ3n) is 2.18. The molecule has 1 heterocycles. The van der Waals surface area contributed by atoms with Crippen molar-refractivity contribution in [2.45, 2.75) is 18.2 Å². The lowest BCUT2D eigenvalue weighted by molar-refractivity contribution is -0.115. The molecule has 0 bridgehead atoms. The van der Waals surface area contributed by atoms with Crippen molar-refractivity contribution in [3.8, 4) is 0 Å². The quantitative estimate of drug-likeness (QED) is 0.584. The molecule has 1 aromatic rings. The first-order chi connectivity index (χ1) is 5.68. The summed E-state index contributed by atoms with van der Waals surface area (Å²) in [5.74, 6) is 0.0760. The van der Waals surface area contributed by atoms with Crippen molar-refractivity contribution in [1.29, 1.82) is 0 Å². The zero-order valence-electron chi connectivity index (χ0n) is 6.72. The Morgan fingerprint density at radius 2 is 2.25 bits per heavy atom. The highest BCUT2D eigenvalue weighted by molar-refractivity contribution is 7.80. The molecule has 0 aromatic heterocycles. The number of rotatable bonds is 0. The zero-order chi connectivity index (χ0) is 8.72. The summed E-state index contributed by atoms with van der Waals surface area (Å²) < 4.78 is 0. The van der Waals surface area contributed by atoms with Gasteiger partial charge in [-0.25, -0.2) is 0 Å². The normalized spacial score (nSPS) is 14.3. The molecule has 0 aliphatic carbocycles. The molecule has 0 radical (unpaired) electrons. The molecule has 62 valence electrons. The molecular formula is C9H9NOS. The van der Waals surface area contributed by atoms with Crippen molar-refractivity contribution in [2.75, 3.05) is 5.32 Å². The minimum absolute atomic E-state index is 0.0760. The van der Waals surface area contributed by atoms with Gasteiger partial charge >= 0.3 is 0 Å². The van der Waals surface area contributed by atoms with E-state index in [1.807, 2.05) is 19.1 Å². The smallest absolute Gasteiger partial charge is 0.228 e. The molecule has 0 unspecified atom stereocenters. The first-order valence-electron chi connectivity index (χ1n) is 3.80. The van der Waals surface area contributed by atoms with E-state index in [1.165, 1.54) is 0 Å². The van der Waals surface area contributed by atoms with Crippen LogP contribution in [-0.2, 0) is 11.2 Å². The van der Waals surface area contributed by atoms with E-state index in [0.29, 0.717) is 6.42 Å². The Bertz CT molecular complexity index is 360. The maximum atomic E-state index is 11.0. The lowest BCUT2D eigenvalue weighted by Gasteiger charge is -2.04. The van der Waals surface area contributed by atoms with Gasteiger partial charge in [-0.2, -0.15) is 0 Å². The van der Waals surface area contributed by atoms with E-state index < -0.39 is 0 Å². The molecule has 1 amide bonds. The zero-order valence-corrected chi connectivity index (χ0v) is 7.61. The minimum Gasteiger partial charge on any atom is -0.326 e. The highest BCUT2D eigenvalue weighted by Gasteiger charge is 2.19. The van der Waals surface area contributed by atoms with E-state index in [-0.39, 0.29) is 5.91 Å². The second-order valence-electron chi connectivity index (χ2n) is 2.96. The van der Waals surface area contributed by atoms with Crippen molar-refractivity contribution in [3.63, 3.8) is 0 Å². The average Bonchev–Trinajstić information content (AvgIpc) is 2.39. The summed E-state index contributed by atoms with van der Waals surface area (Å²) in [6.07, 6.45) is 0.496. The Morgan fingerprint density at radius 3 is 3.00 bits per heavy atom. The van der Waals surface area contributed by atoms with Crippen LogP contribution >= 0.6 is 12.6 Å². The summed E-state index contributed by atoms with van der Waals surface area (Å²) in [5.41, 5.74) is 3.14. The molecule has 2 nitrogen and oxygen atoms in total. The van der Waals surface area contributed by atoms with Gasteiger partial charge in [-0.3, -0.25) is 4.79 Å². The maximum Gasteiger partial charge on any atom is 0.228 e. The number of thiol groups is 1. The number of fused-ring (bicyclic) bond motifs is 1. The summed E-state index contributed by atoms with van der Waals surface area (Å²) in [6.45, 7) is 1.99. The maximum absolute atomic E-state index is 11.0. The number of nitrogens with one attached hydrogen (secondary N) is 1. The van der Waals surface area contributed by atoms with Gasteiger partial charge in [-0.05, 0) is 30.2 Å². The lowest BCUT2D eigenvalue weighted by atomic mass is 10.1. The van der Waals surface area contributed by atoms with Crippen LogP contribution in [0.25, 0.3) is 0 Å². The Balaban J connectivity index is 2.61. The Labute approximate surface area is 76.4 Å². The van der Waals surface area contributed by atoms with Crippen LogP contribution in [-0.4, -0.2) is 5.91 Å². The summed E-state index contributed by atoms with van der Waals surface area (Å²) in [6, 6.07) is 3.80. The molecule has 1 aromatic carbocycles. The molecule has 12 heavy (non-hydrogen) atoms. The minimum atomic E-state index is 0.0760. The molecule has 0 spiro atoms. The first kappa shape index (κ1) is 7.68. The van der Waals surface area contributed by atoms with Crippen LogP contribution in [0.2, 0.25) is 0 Å². The number of benzene rings is 1. The highest BCUT2D eigenvalue weighted by Crippen LogP contribution is 2.29. The van der Waals surface area contributed by atoms with Crippen molar-refractivity contribution in [1.82, 2.24) is 0 Å². The molecule has 0 saturated carbocycles. The molecule has 0 atom stereocenters. The van der Waals surface area contributed by atoms with E-state index in [0.717, 1.165) is 21.7 Å². The number of anilines is 1. The van der Waals surface area contributed by atoms with Gasteiger partial charge in [-0.15, -0.1) is 12.6 Å². The second-order valence-corrected chi connectivity index (χ2v) is 3.44. The molecule has 2 rings (SSSR count). The Hall–Kier alpha value is -0.960. The van der Waals surface area contributed by atoms with Gasteiger partial charge < -0.3 is 5.32 Å². The van der Waals surface area contributed by atoms with Gasteiger partial charge in [0.15, 0.2) is 0 Å². The number of amides is 1. The number of hydrogen-bond donors (Lipinski definition) is 2. The fraction of sp³-hybridized carbons (Fsp3) is 0.222. The first-order valence-corrected chi connectivity index (χ1v) is 4.24. The van der Waals surface area contributed by atoms with Crippen molar-refractivity contribution in [3.05, 3.63) is 23.3 Å². The third-order valence-corrected chi connectivity index (χ3v) is 2.67. The Morgan fingerprint density at radius 1 is 1.50 bits per heavy atom. The Kier molecular flexibility index (Phi) is 1.61. The summed E-state index contributed by atoms with van der Waals surface area (Å²) in [7, 11) is 0. The predicted octanol–water partition coefficient (Wildman–Crippen LogP) is 1.78. The standard InChI is InChI=1S/C9H9NOS/c1-5-6-4-9(11)10-7(6)2-3-8(5)12/h2-3,12H,4H2,1H3,(H,10,11). The molecular weight excluding hydrogens is 170 g/mol. The van der Waals surface area contributed by atoms with Gasteiger partial charge in [0.05, 0.1) is 6.42 Å². The monoisotopic (exact) mass is 179 g/mol. The van der Waals surface area contributed by atoms with Crippen LogP contribution in [0, 0.1) is 6.92 Å². The fourth-order valence-corrected chi connectivity index (χ4v) is 1.65. The SMILES string of the molecule is Cc1c(S)ccc2c1CC(=O)N2. The van der Waals surface area contributed by atoms with E-state index in [2.05, 4.69) is 17.9 Å². The van der Waals surface area contributed by atoms with Crippen LogP contribution in [0.3, 0.4) is 0 Å². The van der Waals surface area contributed by atoms with Gasteiger partial charge in [0.25, 0.3) is 0 Å².